The molecule has 3 N–H and O–H groups in total. The van der Waals surface area contributed by atoms with E-state index in [0.717, 1.165) is 30.6 Å². The van der Waals surface area contributed by atoms with Crippen molar-refractivity contribution < 1.29 is 4.79 Å². The summed E-state index contributed by atoms with van der Waals surface area (Å²) in [6.07, 6.45) is 3.92. The van der Waals surface area contributed by atoms with Crippen LogP contribution in [0.4, 0.5) is 0 Å². The predicted octanol–water partition coefficient (Wildman–Crippen LogP) is 2.69. The maximum atomic E-state index is 12.7. The SMILES string of the molecule is Cc1ccc(C(N)C(=O)N2CCCC2c2ccc[nH]2)cc1. The third-order valence-corrected chi connectivity index (χ3v) is 4.22. The second-order valence-electron chi connectivity index (χ2n) is 5.70. The molecule has 4 heteroatoms. The second kappa shape index (κ2) is 5.74. The lowest BCUT2D eigenvalue weighted by Gasteiger charge is -2.27. The molecule has 2 unspecified atom stereocenters. The summed E-state index contributed by atoms with van der Waals surface area (Å²) in [4.78, 5) is 17.9. The Bertz CT molecular complexity index is 603. The quantitative estimate of drug-likeness (QED) is 0.909. The maximum Gasteiger partial charge on any atom is 0.244 e. The first kappa shape index (κ1) is 13.9. The van der Waals surface area contributed by atoms with E-state index in [4.69, 9.17) is 5.73 Å². The fourth-order valence-corrected chi connectivity index (χ4v) is 3.00. The van der Waals surface area contributed by atoms with Crippen molar-refractivity contribution in [3.63, 3.8) is 0 Å². The molecule has 1 aliphatic heterocycles. The number of aromatic amines is 1. The van der Waals surface area contributed by atoms with Crippen LogP contribution in [0.15, 0.2) is 42.6 Å². The first-order valence-electron chi connectivity index (χ1n) is 7.43. The van der Waals surface area contributed by atoms with Crippen LogP contribution in [0.1, 0.15) is 41.7 Å². The summed E-state index contributed by atoms with van der Waals surface area (Å²) < 4.78 is 0. The van der Waals surface area contributed by atoms with Crippen molar-refractivity contribution in [2.24, 2.45) is 5.73 Å². The number of hydrogen-bond donors (Lipinski definition) is 2. The number of nitrogens with one attached hydrogen (secondary N) is 1. The lowest BCUT2D eigenvalue weighted by Crippen LogP contribution is -2.38. The average molecular weight is 283 g/mol. The van der Waals surface area contributed by atoms with Gasteiger partial charge in [-0.15, -0.1) is 0 Å². The lowest BCUT2D eigenvalue weighted by molar-refractivity contribution is -0.133. The molecular weight excluding hydrogens is 262 g/mol. The fourth-order valence-electron chi connectivity index (χ4n) is 3.00. The molecule has 1 aromatic carbocycles. The molecule has 0 aliphatic carbocycles. The van der Waals surface area contributed by atoms with Gasteiger partial charge in [0.1, 0.15) is 6.04 Å². The van der Waals surface area contributed by atoms with Crippen LogP contribution < -0.4 is 5.73 Å². The topological polar surface area (TPSA) is 62.1 Å². The van der Waals surface area contributed by atoms with Gasteiger partial charge in [0.2, 0.25) is 5.91 Å². The third kappa shape index (κ3) is 2.72. The Labute approximate surface area is 125 Å². The molecule has 2 heterocycles. The highest BCUT2D eigenvalue weighted by atomic mass is 16.2. The molecule has 1 amide bonds. The van der Waals surface area contributed by atoms with Gasteiger partial charge in [-0.3, -0.25) is 4.79 Å². The van der Waals surface area contributed by atoms with Crippen molar-refractivity contribution in [1.82, 2.24) is 9.88 Å². The van der Waals surface area contributed by atoms with E-state index in [1.54, 1.807) is 0 Å². The van der Waals surface area contributed by atoms with E-state index < -0.39 is 6.04 Å². The number of H-pyrrole nitrogens is 1. The van der Waals surface area contributed by atoms with Gasteiger partial charge >= 0.3 is 0 Å². The van der Waals surface area contributed by atoms with E-state index in [-0.39, 0.29) is 11.9 Å². The number of likely N-dealkylation sites (tertiary alicyclic amines) is 1. The van der Waals surface area contributed by atoms with Crippen molar-refractivity contribution >= 4 is 5.91 Å². The molecule has 2 aromatic rings. The van der Waals surface area contributed by atoms with Crippen molar-refractivity contribution in [3.05, 3.63) is 59.4 Å². The van der Waals surface area contributed by atoms with Gasteiger partial charge in [-0.25, -0.2) is 0 Å². The van der Waals surface area contributed by atoms with Gasteiger partial charge in [0, 0.05) is 18.4 Å². The highest BCUT2D eigenvalue weighted by molar-refractivity contribution is 5.83. The van der Waals surface area contributed by atoms with Crippen molar-refractivity contribution in [2.75, 3.05) is 6.54 Å². The van der Waals surface area contributed by atoms with Gasteiger partial charge in [-0.2, -0.15) is 0 Å². The maximum absolute atomic E-state index is 12.7. The standard InChI is InChI=1S/C17H21N3O/c1-12-6-8-13(9-7-12)16(18)17(21)20-11-3-5-15(20)14-4-2-10-19-14/h2,4,6-10,15-16,19H,3,5,11,18H2,1H3. The van der Waals surface area contributed by atoms with Crippen LogP contribution in [0.5, 0.6) is 0 Å². The minimum absolute atomic E-state index is 0.0101. The zero-order valence-corrected chi connectivity index (χ0v) is 12.3. The van der Waals surface area contributed by atoms with Gasteiger partial charge in [0.25, 0.3) is 0 Å². The van der Waals surface area contributed by atoms with E-state index in [1.165, 1.54) is 5.56 Å². The average Bonchev–Trinajstić information content (AvgIpc) is 3.17. The fraction of sp³-hybridized carbons (Fsp3) is 0.353. The first-order valence-corrected chi connectivity index (χ1v) is 7.43. The number of nitrogens with two attached hydrogens (primary N) is 1. The van der Waals surface area contributed by atoms with Gasteiger partial charge in [0.15, 0.2) is 0 Å². The van der Waals surface area contributed by atoms with Crippen LogP contribution in [0.3, 0.4) is 0 Å². The lowest BCUT2D eigenvalue weighted by atomic mass is 10.0. The summed E-state index contributed by atoms with van der Waals surface area (Å²) in [5.41, 5.74) is 9.32. The number of hydrogen-bond acceptors (Lipinski definition) is 2. The van der Waals surface area contributed by atoms with Gasteiger partial charge in [-0.05, 0) is 37.5 Å². The molecule has 1 aliphatic rings. The molecule has 0 saturated carbocycles. The Balaban J connectivity index is 1.79. The Morgan fingerprint density at radius 2 is 2.10 bits per heavy atom. The molecule has 2 atom stereocenters. The largest absolute Gasteiger partial charge is 0.363 e. The molecular formula is C17H21N3O. The molecule has 0 radical (unpaired) electrons. The Morgan fingerprint density at radius 1 is 1.33 bits per heavy atom. The highest BCUT2D eigenvalue weighted by Gasteiger charge is 2.33. The smallest absolute Gasteiger partial charge is 0.244 e. The highest BCUT2D eigenvalue weighted by Crippen LogP contribution is 2.32. The number of benzene rings is 1. The Morgan fingerprint density at radius 3 is 2.76 bits per heavy atom. The number of carbonyl (C=O) groups is 1. The van der Waals surface area contributed by atoms with E-state index in [9.17, 15) is 4.79 Å². The first-order chi connectivity index (χ1) is 10.2. The minimum Gasteiger partial charge on any atom is -0.363 e. The van der Waals surface area contributed by atoms with Gasteiger partial charge in [-0.1, -0.05) is 29.8 Å². The zero-order chi connectivity index (χ0) is 14.8. The van der Waals surface area contributed by atoms with Crippen LogP contribution >= 0.6 is 0 Å². The summed E-state index contributed by atoms with van der Waals surface area (Å²) in [6.45, 7) is 2.81. The van der Waals surface area contributed by atoms with E-state index in [0.29, 0.717) is 0 Å². The molecule has 0 spiro atoms. The van der Waals surface area contributed by atoms with Crippen LogP contribution in [-0.2, 0) is 4.79 Å². The van der Waals surface area contributed by atoms with Crippen molar-refractivity contribution in [1.29, 1.82) is 0 Å². The Hall–Kier alpha value is -2.07. The molecule has 3 rings (SSSR count). The summed E-state index contributed by atoms with van der Waals surface area (Å²) in [6, 6.07) is 11.4. The van der Waals surface area contributed by atoms with E-state index in [2.05, 4.69) is 4.98 Å². The van der Waals surface area contributed by atoms with Crippen molar-refractivity contribution in [2.45, 2.75) is 31.8 Å². The van der Waals surface area contributed by atoms with Gasteiger partial charge in [0.05, 0.1) is 6.04 Å². The molecule has 0 bridgehead atoms. The third-order valence-electron chi connectivity index (χ3n) is 4.22. The molecule has 21 heavy (non-hydrogen) atoms. The second-order valence-corrected chi connectivity index (χ2v) is 5.70. The minimum atomic E-state index is -0.582. The number of aromatic nitrogens is 1. The number of nitrogens with zero attached hydrogens (tertiary/aromatic N) is 1. The molecule has 4 nitrogen and oxygen atoms in total. The Kier molecular flexibility index (Phi) is 3.80. The molecule has 110 valence electrons. The molecule has 1 fully saturated rings. The van der Waals surface area contributed by atoms with Crippen molar-refractivity contribution in [3.8, 4) is 0 Å². The number of amides is 1. The summed E-state index contributed by atoms with van der Waals surface area (Å²) in [7, 11) is 0. The number of aryl methyl sites for hydroxylation is 1. The number of rotatable bonds is 3. The monoisotopic (exact) mass is 283 g/mol. The summed E-state index contributed by atoms with van der Waals surface area (Å²) in [5.74, 6) is 0.0101. The molecule has 1 aromatic heterocycles. The summed E-state index contributed by atoms with van der Waals surface area (Å²) in [5, 5.41) is 0. The van der Waals surface area contributed by atoms with E-state index in [1.807, 2.05) is 54.4 Å². The molecule has 1 saturated heterocycles. The van der Waals surface area contributed by atoms with Crippen LogP contribution in [-0.4, -0.2) is 22.3 Å². The zero-order valence-electron chi connectivity index (χ0n) is 12.3. The normalized spacial score (nSPS) is 19.7. The number of carbonyl (C=O) groups excluding carboxylic acids is 1. The van der Waals surface area contributed by atoms with E-state index >= 15 is 0 Å². The van der Waals surface area contributed by atoms with Crippen LogP contribution in [0.2, 0.25) is 0 Å². The van der Waals surface area contributed by atoms with Crippen LogP contribution in [0.25, 0.3) is 0 Å². The van der Waals surface area contributed by atoms with Gasteiger partial charge < -0.3 is 15.6 Å². The predicted molar refractivity (Wildman–Crippen MR) is 82.6 cm³/mol. The van der Waals surface area contributed by atoms with Crippen LogP contribution in [0, 0.1) is 6.92 Å². The summed E-state index contributed by atoms with van der Waals surface area (Å²) >= 11 is 0.